The molecule has 5 nitrogen and oxygen atoms in total. The molecule has 0 aromatic heterocycles. The van der Waals surface area contributed by atoms with Crippen LogP contribution in [0, 0.1) is 5.92 Å². The molecule has 0 aromatic rings. The van der Waals surface area contributed by atoms with Crippen LogP contribution in [-0.2, 0) is 9.47 Å². The van der Waals surface area contributed by atoms with Gasteiger partial charge in [0.05, 0.1) is 19.3 Å². The predicted octanol–water partition coefficient (Wildman–Crippen LogP) is 2.53. The molecular weight excluding hydrogens is 268 g/mol. The van der Waals surface area contributed by atoms with Crippen LogP contribution in [0.1, 0.15) is 52.9 Å². The Labute approximate surface area is 128 Å². The molecule has 2 unspecified atom stereocenters. The molecule has 1 saturated heterocycles. The maximum absolute atomic E-state index is 12.4. The average molecular weight is 298 g/mol. The molecule has 0 radical (unpaired) electrons. The van der Waals surface area contributed by atoms with Gasteiger partial charge in [0.25, 0.3) is 0 Å². The van der Waals surface area contributed by atoms with Gasteiger partial charge in [0, 0.05) is 12.6 Å². The monoisotopic (exact) mass is 298 g/mol. The van der Waals surface area contributed by atoms with E-state index in [1.807, 2.05) is 20.8 Å². The molecule has 5 heteroatoms. The minimum atomic E-state index is -0.477. The summed E-state index contributed by atoms with van der Waals surface area (Å²) in [7, 11) is 0. The van der Waals surface area contributed by atoms with Crippen LogP contribution in [0.15, 0.2) is 0 Å². The number of nitrogens with two attached hydrogens (primary N) is 1. The number of carbonyl (C=O) groups excluding carboxylic acids is 1. The Hall–Kier alpha value is -0.810. The zero-order valence-corrected chi connectivity index (χ0v) is 13.6. The van der Waals surface area contributed by atoms with Crippen molar-refractivity contribution >= 4 is 6.09 Å². The Morgan fingerprint density at radius 1 is 1.29 bits per heavy atom. The van der Waals surface area contributed by atoms with E-state index < -0.39 is 5.60 Å². The summed E-state index contributed by atoms with van der Waals surface area (Å²) in [5, 5.41) is 0. The van der Waals surface area contributed by atoms with Crippen molar-refractivity contribution in [1.82, 2.24) is 4.90 Å². The van der Waals surface area contributed by atoms with Gasteiger partial charge in [0.1, 0.15) is 5.60 Å². The molecule has 1 saturated carbocycles. The molecule has 2 atom stereocenters. The van der Waals surface area contributed by atoms with Crippen molar-refractivity contribution in [2.24, 2.45) is 11.7 Å². The van der Waals surface area contributed by atoms with E-state index in [-0.39, 0.29) is 18.2 Å². The first-order valence-electron chi connectivity index (χ1n) is 8.21. The summed E-state index contributed by atoms with van der Waals surface area (Å²) in [6, 6.07) is -0.0742. The smallest absolute Gasteiger partial charge is 0.410 e. The van der Waals surface area contributed by atoms with Crippen LogP contribution in [0.5, 0.6) is 0 Å². The van der Waals surface area contributed by atoms with Gasteiger partial charge in [-0.15, -0.1) is 0 Å². The van der Waals surface area contributed by atoms with Crippen LogP contribution >= 0.6 is 0 Å². The van der Waals surface area contributed by atoms with Gasteiger partial charge in [-0.3, -0.25) is 4.90 Å². The van der Waals surface area contributed by atoms with Crippen LogP contribution in [-0.4, -0.2) is 48.4 Å². The number of nitrogens with zero attached hydrogens (tertiary/aromatic N) is 1. The van der Waals surface area contributed by atoms with Gasteiger partial charge in [0.15, 0.2) is 0 Å². The average Bonchev–Trinajstić information content (AvgIpc) is 2.45. The number of hydrogen-bond donors (Lipinski definition) is 1. The first-order chi connectivity index (χ1) is 9.88. The van der Waals surface area contributed by atoms with E-state index in [0.717, 1.165) is 0 Å². The second-order valence-corrected chi connectivity index (χ2v) is 7.29. The van der Waals surface area contributed by atoms with Crippen LogP contribution in [0.4, 0.5) is 4.79 Å². The quantitative estimate of drug-likeness (QED) is 0.851. The lowest BCUT2D eigenvalue weighted by Gasteiger charge is -2.42. The number of ether oxygens (including phenoxy) is 2. The molecule has 0 aromatic carbocycles. The topological polar surface area (TPSA) is 64.8 Å². The fourth-order valence-corrected chi connectivity index (χ4v) is 3.32. The second-order valence-electron chi connectivity index (χ2n) is 7.29. The molecule has 0 spiro atoms. The molecule has 2 fully saturated rings. The summed E-state index contributed by atoms with van der Waals surface area (Å²) in [4.78, 5) is 14.2. The summed E-state index contributed by atoms with van der Waals surface area (Å²) in [6.07, 6.45) is 5.87. The number of morpholine rings is 1. The Balaban J connectivity index is 2.02. The second kappa shape index (κ2) is 6.97. The van der Waals surface area contributed by atoms with Gasteiger partial charge in [-0.25, -0.2) is 4.79 Å². The maximum atomic E-state index is 12.4. The predicted molar refractivity (Wildman–Crippen MR) is 82.1 cm³/mol. The maximum Gasteiger partial charge on any atom is 0.410 e. The lowest BCUT2D eigenvalue weighted by molar-refractivity contribution is -0.0438. The molecule has 2 aliphatic rings. The van der Waals surface area contributed by atoms with E-state index in [0.29, 0.717) is 25.7 Å². The molecule has 0 bridgehead atoms. The zero-order chi connectivity index (χ0) is 15.5. The van der Waals surface area contributed by atoms with Gasteiger partial charge >= 0.3 is 6.09 Å². The summed E-state index contributed by atoms with van der Waals surface area (Å²) in [6.45, 7) is 7.33. The standard InChI is InChI=1S/C16H30N2O3/c1-16(2,3)21-15(19)18-9-10-20-11-13(18)14(17)12-7-5-4-6-8-12/h12-14H,4-11,17H2,1-3H3. The van der Waals surface area contributed by atoms with Crippen LogP contribution in [0.25, 0.3) is 0 Å². The van der Waals surface area contributed by atoms with Gasteiger partial charge in [-0.2, -0.15) is 0 Å². The molecule has 2 N–H and O–H groups in total. The fourth-order valence-electron chi connectivity index (χ4n) is 3.32. The number of carbonyl (C=O) groups is 1. The van der Waals surface area contributed by atoms with Crippen molar-refractivity contribution in [3.63, 3.8) is 0 Å². The first-order valence-corrected chi connectivity index (χ1v) is 8.21. The molecule has 1 amide bonds. The molecule has 1 aliphatic heterocycles. The third-order valence-corrected chi connectivity index (χ3v) is 4.43. The van der Waals surface area contributed by atoms with Crippen LogP contribution < -0.4 is 5.73 Å². The number of amides is 1. The van der Waals surface area contributed by atoms with E-state index in [2.05, 4.69) is 0 Å². The molecule has 122 valence electrons. The van der Waals surface area contributed by atoms with Crippen molar-refractivity contribution in [2.45, 2.75) is 70.6 Å². The zero-order valence-electron chi connectivity index (χ0n) is 13.6. The van der Waals surface area contributed by atoms with E-state index in [1.54, 1.807) is 4.90 Å². The lowest BCUT2D eigenvalue weighted by Crippen LogP contribution is -2.59. The summed E-state index contributed by atoms with van der Waals surface area (Å²) in [5.74, 6) is 0.496. The van der Waals surface area contributed by atoms with Crippen LogP contribution in [0.3, 0.4) is 0 Å². The summed E-state index contributed by atoms with van der Waals surface area (Å²) >= 11 is 0. The summed E-state index contributed by atoms with van der Waals surface area (Å²) < 4.78 is 11.1. The molecule has 1 aliphatic carbocycles. The number of hydrogen-bond acceptors (Lipinski definition) is 4. The summed E-state index contributed by atoms with van der Waals surface area (Å²) in [5.41, 5.74) is 6.01. The fraction of sp³-hybridized carbons (Fsp3) is 0.938. The number of rotatable bonds is 2. The van der Waals surface area contributed by atoms with Crippen molar-refractivity contribution in [3.05, 3.63) is 0 Å². The van der Waals surface area contributed by atoms with Gasteiger partial charge in [-0.05, 0) is 39.5 Å². The molecule has 2 rings (SSSR count). The molecular formula is C16H30N2O3. The van der Waals surface area contributed by atoms with Gasteiger partial charge in [0.2, 0.25) is 0 Å². The SMILES string of the molecule is CC(C)(C)OC(=O)N1CCOCC1C(N)C1CCCCC1. The Morgan fingerprint density at radius 3 is 2.57 bits per heavy atom. The Bertz CT molecular complexity index is 348. The van der Waals surface area contributed by atoms with Gasteiger partial charge in [-0.1, -0.05) is 19.3 Å². The normalized spacial score (nSPS) is 26.5. The third-order valence-electron chi connectivity index (χ3n) is 4.43. The van der Waals surface area contributed by atoms with Crippen molar-refractivity contribution < 1.29 is 14.3 Å². The highest BCUT2D eigenvalue weighted by Crippen LogP contribution is 2.29. The highest BCUT2D eigenvalue weighted by molar-refractivity contribution is 5.68. The van der Waals surface area contributed by atoms with Crippen molar-refractivity contribution in [1.29, 1.82) is 0 Å². The highest BCUT2D eigenvalue weighted by Gasteiger charge is 2.37. The third kappa shape index (κ3) is 4.58. The van der Waals surface area contributed by atoms with Gasteiger partial charge < -0.3 is 15.2 Å². The molecule has 21 heavy (non-hydrogen) atoms. The van der Waals surface area contributed by atoms with E-state index in [1.165, 1.54) is 32.1 Å². The van der Waals surface area contributed by atoms with Crippen LogP contribution in [0.2, 0.25) is 0 Å². The van der Waals surface area contributed by atoms with E-state index >= 15 is 0 Å². The van der Waals surface area contributed by atoms with Crippen molar-refractivity contribution in [2.75, 3.05) is 19.8 Å². The van der Waals surface area contributed by atoms with Crippen molar-refractivity contribution in [3.8, 4) is 0 Å². The largest absolute Gasteiger partial charge is 0.444 e. The van der Waals surface area contributed by atoms with E-state index in [9.17, 15) is 4.79 Å². The van der Waals surface area contributed by atoms with E-state index in [4.69, 9.17) is 15.2 Å². The Kier molecular flexibility index (Phi) is 5.49. The lowest BCUT2D eigenvalue weighted by atomic mass is 9.81. The highest BCUT2D eigenvalue weighted by atomic mass is 16.6. The molecule has 1 heterocycles. The minimum Gasteiger partial charge on any atom is -0.444 e. The minimum absolute atomic E-state index is 0.0156. The first kappa shape index (κ1) is 16.6. The Morgan fingerprint density at radius 2 is 1.95 bits per heavy atom.